The molecule has 1 saturated heterocycles. The van der Waals surface area contributed by atoms with Gasteiger partial charge in [-0.15, -0.1) is 0 Å². The van der Waals surface area contributed by atoms with E-state index in [1.807, 2.05) is 6.66 Å². The van der Waals surface area contributed by atoms with E-state index in [9.17, 15) is 35.3 Å². The molecule has 0 bridgehead atoms. The summed E-state index contributed by atoms with van der Waals surface area (Å²) in [5, 5.41) is 5.71. The second-order valence-electron chi connectivity index (χ2n) is 7.62. The topological polar surface area (TPSA) is 61.4 Å². The van der Waals surface area contributed by atoms with Crippen molar-refractivity contribution >= 4 is 23.6 Å². The lowest BCUT2D eigenvalue weighted by Gasteiger charge is -2.32. The lowest BCUT2D eigenvalue weighted by atomic mass is 9.96. The number of alkyl halides is 6. The van der Waals surface area contributed by atoms with Gasteiger partial charge in [0.1, 0.15) is 0 Å². The molecule has 2 rings (SSSR count). The minimum atomic E-state index is -5.00. The van der Waals surface area contributed by atoms with Gasteiger partial charge < -0.3 is 10.2 Å². The fraction of sp³-hybridized carbons (Fsp3) is 0.632. The Bertz CT molecular complexity index is 781. The number of carbonyl (C=O) groups is 1. The summed E-state index contributed by atoms with van der Waals surface area (Å²) in [6, 6.07) is 0.875. The fourth-order valence-electron chi connectivity index (χ4n) is 3.30. The first-order chi connectivity index (χ1) is 14.8. The summed E-state index contributed by atoms with van der Waals surface area (Å²) in [5.74, 6) is -0.875. The molecule has 0 aromatic heterocycles. The monoisotopic (exact) mass is 505 g/mol. The molecule has 5 nitrogen and oxygen atoms in total. The Morgan fingerprint density at radius 2 is 1.62 bits per heavy atom. The molecule has 2 unspecified atom stereocenters. The van der Waals surface area contributed by atoms with Gasteiger partial charge in [-0.1, -0.05) is 0 Å². The molecule has 1 aromatic carbocycles. The Kier molecular flexibility index (Phi) is 9.51. The Labute approximate surface area is 186 Å². The van der Waals surface area contributed by atoms with Crippen molar-refractivity contribution in [3.8, 4) is 0 Å². The van der Waals surface area contributed by atoms with E-state index in [4.69, 9.17) is 0 Å². The number of likely N-dealkylation sites (tertiary alicyclic amines) is 1. The lowest BCUT2D eigenvalue weighted by Crippen LogP contribution is -2.40. The molecule has 32 heavy (non-hydrogen) atoms. The molecular weight excluding hydrogens is 479 g/mol. The molecule has 0 saturated carbocycles. The third kappa shape index (κ3) is 8.28. The van der Waals surface area contributed by atoms with Gasteiger partial charge in [0, 0.05) is 31.5 Å². The number of nitrogens with zero attached hydrogens (tertiary/aromatic N) is 1. The Morgan fingerprint density at radius 3 is 2.09 bits per heavy atom. The van der Waals surface area contributed by atoms with Crippen LogP contribution in [-0.4, -0.2) is 60.7 Å². The molecule has 2 atom stereocenters. The van der Waals surface area contributed by atoms with Gasteiger partial charge in [-0.05, 0) is 56.7 Å². The number of rotatable bonds is 8. The Hall–Kier alpha value is -1.23. The number of halogens is 6. The van der Waals surface area contributed by atoms with Crippen LogP contribution in [0.2, 0.25) is 0 Å². The highest BCUT2D eigenvalue weighted by Gasteiger charge is 2.37. The van der Waals surface area contributed by atoms with E-state index in [2.05, 4.69) is 15.3 Å². The minimum Gasteiger partial charge on any atom is -0.352 e. The fourth-order valence-corrected chi connectivity index (χ4v) is 4.71. The van der Waals surface area contributed by atoms with Gasteiger partial charge in [0.15, 0.2) is 0 Å². The van der Waals surface area contributed by atoms with Gasteiger partial charge in [0.25, 0.3) is 5.91 Å². The normalized spacial score (nSPS) is 18.4. The van der Waals surface area contributed by atoms with Crippen LogP contribution in [0.15, 0.2) is 18.2 Å². The molecule has 13 heteroatoms. The van der Waals surface area contributed by atoms with Crippen molar-refractivity contribution in [3.05, 3.63) is 34.9 Å². The van der Waals surface area contributed by atoms with Crippen molar-refractivity contribution < 1.29 is 35.3 Å². The van der Waals surface area contributed by atoms with Crippen molar-refractivity contribution in [2.45, 2.75) is 25.2 Å². The quantitative estimate of drug-likeness (QED) is 0.413. The maximum atomic E-state index is 13.0. The van der Waals surface area contributed by atoms with Crippen LogP contribution in [0.4, 0.5) is 26.3 Å². The molecule has 1 aliphatic heterocycles. The smallest absolute Gasteiger partial charge is 0.352 e. The number of hydrogen-bond acceptors (Lipinski definition) is 4. The van der Waals surface area contributed by atoms with Gasteiger partial charge in [0.05, 0.1) is 28.8 Å². The summed E-state index contributed by atoms with van der Waals surface area (Å²) in [7, 11) is -1.61. The van der Waals surface area contributed by atoms with Crippen LogP contribution in [0.25, 0.3) is 0 Å². The van der Waals surface area contributed by atoms with Crippen molar-refractivity contribution in [1.82, 2.24) is 15.3 Å². The molecule has 0 spiro atoms. The molecule has 0 radical (unpaired) electrons. The molecule has 1 aliphatic rings. The molecule has 2 N–H and O–H groups in total. The van der Waals surface area contributed by atoms with Crippen LogP contribution in [0.1, 0.15) is 34.3 Å². The molecule has 1 aromatic rings. The van der Waals surface area contributed by atoms with Crippen molar-refractivity contribution in [2.24, 2.45) is 5.92 Å². The lowest BCUT2D eigenvalue weighted by molar-refractivity contribution is -0.143. The average Bonchev–Trinajstić information content (AvgIpc) is 2.71. The SMILES string of the molecule is CP(NCCN1CCC(CNC(=O)c2cc(C(F)(F)F)cc(C(F)(F)F)c2)CC1)S(C)=O. The Morgan fingerprint density at radius 1 is 1.09 bits per heavy atom. The van der Waals surface area contributed by atoms with E-state index in [1.165, 1.54) is 0 Å². The number of hydrogen-bond donors (Lipinski definition) is 2. The van der Waals surface area contributed by atoms with E-state index >= 15 is 0 Å². The number of amides is 1. The van der Waals surface area contributed by atoms with Crippen LogP contribution in [0.3, 0.4) is 0 Å². The summed E-state index contributed by atoms with van der Waals surface area (Å²) in [6.45, 7) is 5.11. The summed E-state index contributed by atoms with van der Waals surface area (Å²) in [4.78, 5) is 14.5. The minimum absolute atomic E-state index is 0.00142. The summed E-state index contributed by atoms with van der Waals surface area (Å²) >= 11 is 0. The van der Waals surface area contributed by atoms with Crippen molar-refractivity contribution in [2.75, 3.05) is 45.6 Å². The van der Waals surface area contributed by atoms with E-state index in [1.54, 1.807) is 6.26 Å². The van der Waals surface area contributed by atoms with Crippen LogP contribution in [0.5, 0.6) is 0 Å². The molecular formula is C19H26F6N3O2PS. The maximum Gasteiger partial charge on any atom is 0.416 e. The number of carbonyl (C=O) groups excluding carboxylic acids is 1. The highest BCUT2D eigenvalue weighted by Crippen LogP contribution is 2.36. The van der Waals surface area contributed by atoms with E-state index in [0.717, 1.165) is 32.5 Å². The van der Waals surface area contributed by atoms with Crippen molar-refractivity contribution in [1.29, 1.82) is 0 Å². The van der Waals surface area contributed by atoms with E-state index in [0.29, 0.717) is 18.7 Å². The van der Waals surface area contributed by atoms with Crippen LogP contribution < -0.4 is 10.4 Å². The number of benzene rings is 1. The molecule has 1 amide bonds. The number of piperidine rings is 1. The first kappa shape index (κ1) is 27.0. The van der Waals surface area contributed by atoms with Crippen LogP contribution in [0, 0.1) is 5.92 Å². The molecule has 1 fully saturated rings. The molecule has 0 aliphatic carbocycles. The zero-order chi connectivity index (χ0) is 24.1. The third-order valence-electron chi connectivity index (χ3n) is 5.26. The zero-order valence-electron chi connectivity index (χ0n) is 17.6. The van der Waals surface area contributed by atoms with Gasteiger partial charge in [-0.3, -0.25) is 14.1 Å². The van der Waals surface area contributed by atoms with Gasteiger partial charge >= 0.3 is 12.4 Å². The second-order valence-corrected chi connectivity index (χ2v) is 13.0. The van der Waals surface area contributed by atoms with Gasteiger partial charge in [-0.25, -0.2) is 0 Å². The third-order valence-corrected chi connectivity index (χ3v) is 9.40. The van der Waals surface area contributed by atoms with Gasteiger partial charge in [-0.2, -0.15) is 26.3 Å². The summed E-state index contributed by atoms with van der Waals surface area (Å²) in [5.41, 5.74) is -3.69. The summed E-state index contributed by atoms with van der Waals surface area (Å²) < 4.78 is 89.1. The standard InChI is InChI=1S/C19H26F6N3O2PS/c1-31(32(2)30)27-5-8-28-6-3-13(4-7-28)12-26-17(29)14-9-15(18(20,21)22)11-16(10-14)19(23,24)25/h9-11,13,27H,3-8,12H2,1-2H3,(H,26,29). The highest BCUT2D eigenvalue weighted by molar-refractivity contribution is 8.45. The van der Waals surface area contributed by atoms with Crippen molar-refractivity contribution in [3.63, 3.8) is 0 Å². The molecule has 1 heterocycles. The largest absolute Gasteiger partial charge is 0.416 e. The predicted octanol–water partition coefficient (Wildman–Crippen LogP) is 4.08. The second kappa shape index (κ2) is 11.3. The number of nitrogens with one attached hydrogen (secondary N) is 2. The predicted molar refractivity (Wildman–Crippen MR) is 113 cm³/mol. The van der Waals surface area contributed by atoms with Crippen LogP contribution >= 0.6 is 7.27 Å². The summed E-state index contributed by atoms with van der Waals surface area (Å²) in [6.07, 6.45) is -6.84. The zero-order valence-corrected chi connectivity index (χ0v) is 19.4. The first-order valence-electron chi connectivity index (χ1n) is 9.88. The Balaban J connectivity index is 1.88. The maximum absolute atomic E-state index is 13.0. The van der Waals surface area contributed by atoms with Gasteiger partial charge in [0.2, 0.25) is 0 Å². The first-order valence-corrected chi connectivity index (χ1v) is 13.8. The molecule has 182 valence electrons. The van der Waals surface area contributed by atoms with E-state index < -0.39 is 52.6 Å². The van der Waals surface area contributed by atoms with Crippen LogP contribution in [-0.2, 0) is 22.8 Å². The highest BCUT2D eigenvalue weighted by atomic mass is 32.7. The van der Waals surface area contributed by atoms with E-state index in [-0.39, 0.29) is 18.5 Å². The average molecular weight is 505 g/mol.